The average molecular weight is 260 g/mol. The van der Waals surface area contributed by atoms with Crippen LogP contribution in [0.3, 0.4) is 0 Å². The van der Waals surface area contributed by atoms with Crippen LogP contribution in [0.5, 0.6) is 0 Å². The number of aldehydes is 2. The Hall–Kier alpha value is -1.97. The van der Waals surface area contributed by atoms with E-state index in [-0.39, 0.29) is 18.5 Å². The first-order valence-corrected chi connectivity index (χ1v) is 6.35. The topological polar surface area (TPSA) is 60.4 Å². The molecule has 1 aliphatic rings. The van der Waals surface area contributed by atoms with Gasteiger partial charge in [0.15, 0.2) is 0 Å². The van der Waals surface area contributed by atoms with E-state index in [1.54, 1.807) is 0 Å². The Bertz CT molecular complexity index is 454. The minimum Gasteiger partial charge on any atom is -0.461 e. The van der Waals surface area contributed by atoms with Crippen molar-refractivity contribution < 1.29 is 19.1 Å². The van der Waals surface area contributed by atoms with Gasteiger partial charge in [-0.05, 0) is 18.4 Å². The van der Waals surface area contributed by atoms with Crippen molar-refractivity contribution in [3.05, 3.63) is 35.9 Å². The molecule has 1 aromatic carbocycles. The molecule has 3 atom stereocenters. The number of ether oxygens (including phenoxy) is 1. The Morgan fingerprint density at radius 3 is 2.53 bits per heavy atom. The average Bonchev–Trinajstić information content (AvgIpc) is 2.89. The summed E-state index contributed by atoms with van der Waals surface area (Å²) < 4.78 is 5.22. The van der Waals surface area contributed by atoms with Gasteiger partial charge in [0.1, 0.15) is 19.2 Å². The molecule has 1 fully saturated rings. The number of carbonyl (C=O) groups is 3. The van der Waals surface area contributed by atoms with Crippen molar-refractivity contribution in [2.75, 3.05) is 0 Å². The third-order valence-corrected chi connectivity index (χ3v) is 3.54. The van der Waals surface area contributed by atoms with Crippen molar-refractivity contribution in [2.24, 2.45) is 17.8 Å². The van der Waals surface area contributed by atoms with E-state index < -0.39 is 11.8 Å². The third kappa shape index (κ3) is 3.28. The van der Waals surface area contributed by atoms with E-state index in [9.17, 15) is 14.4 Å². The quantitative estimate of drug-likeness (QED) is 0.598. The summed E-state index contributed by atoms with van der Waals surface area (Å²) in [5.41, 5.74) is 0.906. The summed E-state index contributed by atoms with van der Waals surface area (Å²) in [6.07, 6.45) is 2.46. The lowest BCUT2D eigenvalue weighted by atomic mass is 9.98. The van der Waals surface area contributed by atoms with Crippen LogP contribution in [0.2, 0.25) is 0 Å². The molecule has 1 aromatic rings. The Kier molecular flexibility index (Phi) is 4.44. The molecule has 0 spiro atoms. The van der Waals surface area contributed by atoms with Crippen LogP contribution in [-0.2, 0) is 25.7 Å². The van der Waals surface area contributed by atoms with Crippen molar-refractivity contribution in [1.82, 2.24) is 0 Å². The number of esters is 1. The molecule has 1 aliphatic carbocycles. The normalized spacial score (nSPS) is 25.8. The molecule has 0 bridgehead atoms. The highest BCUT2D eigenvalue weighted by Gasteiger charge is 2.39. The molecule has 0 N–H and O–H groups in total. The second-order valence-electron chi connectivity index (χ2n) is 4.87. The summed E-state index contributed by atoms with van der Waals surface area (Å²) in [4.78, 5) is 33.6. The first kappa shape index (κ1) is 13.5. The van der Waals surface area contributed by atoms with E-state index in [4.69, 9.17) is 4.74 Å². The summed E-state index contributed by atoms with van der Waals surface area (Å²) in [6.45, 7) is 0.202. The number of carbonyl (C=O) groups excluding carboxylic acids is 3. The van der Waals surface area contributed by atoms with Gasteiger partial charge in [-0.3, -0.25) is 4.79 Å². The van der Waals surface area contributed by atoms with E-state index in [0.29, 0.717) is 12.8 Å². The van der Waals surface area contributed by atoms with Gasteiger partial charge in [-0.1, -0.05) is 30.3 Å². The van der Waals surface area contributed by atoms with Gasteiger partial charge in [0.05, 0.1) is 5.92 Å². The molecule has 0 radical (unpaired) electrons. The second-order valence-corrected chi connectivity index (χ2v) is 4.87. The summed E-state index contributed by atoms with van der Waals surface area (Å²) >= 11 is 0. The highest BCUT2D eigenvalue weighted by atomic mass is 16.5. The number of rotatable bonds is 5. The fourth-order valence-corrected chi connectivity index (χ4v) is 2.48. The van der Waals surface area contributed by atoms with E-state index in [0.717, 1.165) is 18.1 Å². The van der Waals surface area contributed by atoms with Crippen LogP contribution in [0.25, 0.3) is 0 Å². The van der Waals surface area contributed by atoms with Crippen LogP contribution < -0.4 is 0 Å². The van der Waals surface area contributed by atoms with Crippen molar-refractivity contribution in [2.45, 2.75) is 19.4 Å². The summed E-state index contributed by atoms with van der Waals surface area (Å²) in [5, 5.41) is 0. The molecule has 2 rings (SSSR count). The van der Waals surface area contributed by atoms with Crippen LogP contribution in [-0.4, -0.2) is 18.5 Å². The fourth-order valence-electron chi connectivity index (χ4n) is 2.48. The molecular formula is C15H16O4. The van der Waals surface area contributed by atoms with Gasteiger partial charge < -0.3 is 14.3 Å². The summed E-state index contributed by atoms with van der Waals surface area (Å²) in [5.74, 6) is -1.45. The lowest BCUT2D eigenvalue weighted by Gasteiger charge is -2.13. The van der Waals surface area contributed by atoms with Crippen LogP contribution in [0, 0.1) is 17.8 Å². The summed E-state index contributed by atoms with van der Waals surface area (Å²) in [6, 6.07) is 9.37. The predicted octanol–water partition coefficient (Wildman–Crippen LogP) is 1.77. The van der Waals surface area contributed by atoms with Crippen molar-refractivity contribution in [3.8, 4) is 0 Å². The zero-order chi connectivity index (χ0) is 13.7. The highest BCUT2D eigenvalue weighted by molar-refractivity contribution is 5.78. The zero-order valence-corrected chi connectivity index (χ0v) is 10.5. The van der Waals surface area contributed by atoms with Gasteiger partial charge in [0.25, 0.3) is 0 Å². The van der Waals surface area contributed by atoms with Crippen LogP contribution in [0.4, 0.5) is 0 Å². The van der Waals surface area contributed by atoms with Crippen molar-refractivity contribution in [3.63, 3.8) is 0 Å². The van der Waals surface area contributed by atoms with E-state index in [1.165, 1.54) is 0 Å². The second kappa shape index (κ2) is 6.27. The fraction of sp³-hybridized carbons (Fsp3) is 0.400. The molecule has 0 aliphatic heterocycles. The standard InChI is InChI=1S/C15H16O4/c16-8-12-6-13(9-17)14(7-12)15(18)19-10-11-4-2-1-3-5-11/h1-5,8-9,12-14H,6-7,10H2. The molecule has 4 nitrogen and oxygen atoms in total. The molecule has 3 unspecified atom stereocenters. The van der Waals surface area contributed by atoms with E-state index in [1.807, 2.05) is 30.3 Å². The summed E-state index contributed by atoms with van der Waals surface area (Å²) in [7, 11) is 0. The molecule has 19 heavy (non-hydrogen) atoms. The maximum absolute atomic E-state index is 12.0. The molecule has 0 aromatic heterocycles. The predicted molar refractivity (Wildman–Crippen MR) is 68.1 cm³/mol. The molecule has 1 saturated carbocycles. The van der Waals surface area contributed by atoms with Crippen molar-refractivity contribution >= 4 is 18.5 Å². The maximum Gasteiger partial charge on any atom is 0.310 e. The van der Waals surface area contributed by atoms with Crippen LogP contribution >= 0.6 is 0 Å². The van der Waals surface area contributed by atoms with Crippen molar-refractivity contribution in [1.29, 1.82) is 0 Å². The van der Waals surface area contributed by atoms with E-state index in [2.05, 4.69) is 0 Å². The van der Waals surface area contributed by atoms with Gasteiger partial charge in [-0.25, -0.2) is 0 Å². The molecule has 100 valence electrons. The van der Waals surface area contributed by atoms with Gasteiger partial charge in [0, 0.05) is 11.8 Å². The highest BCUT2D eigenvalue weighted by Crippen LogP contribution is 2.35. The largest absolute Gasteiger partial charge is 0.461 e. The van der Waals surface area contributed by atoms with Crippen LogP contribution in [0.15, 0.2) is 30.3 Å². The Morgan fingerprint density at radius 1 is 1.16 bits per heavy atom. The van der Waals surface area contributed by atoms with Gasteiger partial charge in [0.2, 0.25) is 0 Å². The Morgan fingerprint density at radius 2 is 1.89 bits per heavy atom. The Labute approximate surface area is 111 Å². The molecule has 0 amide bonds. The molecule has 4 heteroatoms. The molecular weight excluding hydrogens is 244 g/mol. The lowest BCUT2D eigenvalue weighted by molar-refractivity contribution is -0.152. The first-order chi connectivity index (χ1) is 9.24. The number of benzene rings is 1. The third-order valence-electron chi connectivity index (χ3n) is 3.54. The number of hydrogen-bond acceptors (Lipinski definition) is 4. The van der Waals surface area contributed by atoms with Crippen LogP contribution in [0.1, 0.15) is 18.4 Å². The number of hydrogen-bond donors (Lipinski definition) is 0. The molecule has 0 heterocycles. The van der Waals surface area contributed by atoms with Gasteiger partial charge in [-0.2, -0.15) is 0 Å². The van der Waals surface area contributed by atoms with E-state index >= 15 is 0 Å². The smallest absolute Gasteiger partial charge is 0.310 e. The van der Waals surface area contributed by atoms with Gasteiger partial charge >= 0.3 is 5.97 Å². The lowest BCUT2D eigenvalue weighted by Crippen LogP contribution is -2.22. The maximum atomic E-state index is 12.0. The zero-order valence-electron chi connectivity index (χ0n) is 10.5. The van der Waals surface area contributed by atoms with Gasteiger partial charge in [-0.15, -0.1) is 0 Å². The minimum atomic E-state index is -0.476. The SMILES string of the molecule is O=CC1CC(C=O)C(C(=O)OCc2ccccc2)C1. The molecule has 0 saturated heterocycles. The Balaban J connectivity index is 1.92. The monoisotopic (exact) mass is 260 g/mol. The minimum absolute atomic E-state index is 0.202. The first-order valence-electron chi connectivity index (χ1n) is 6.35.